The van der Waals surface area contributed by atoms with Gasteiger partial charge in [-0.3, -0.25) is 0 Å². The number of rotatable bonds is 7. The van der Waals surface area contributed by atoms with Crippen LogP contribution in [0.5, 0.6) is 0 Å². The third kappa shape index (κ3) is 6.74. The molecule has 0 aliphatic rings. The van der Waals surface area contributed by atoms with Crippen molar-refractivity contribution in [2.75, 3.05) is 0 Å². The normalized spacial score (nSPS) is 11.4. The molecule has 12 aromatic rings. The van der Waals surface area contributed by atoms with E-state index in [4.69, 9.17) is 0 Å². The summed E-state index contributed by atoms with van der Waals surface area (Å²) in [5.41, 5.74) is 17.2. The van der Waals surface area contributed by atoms with Crippen LogP contribution >= 0.6 is 0 Å². The first-order valence-corrected chi connectivity index (χ1v) is 22.1. The van der Waals surface area contributed by atoms with Crippen LogP contribution in [0.2, 0.25) is 0 Å². The molecule has 0 amide bonds. The monoisotopic (exact) mass is 810 g/mol. The van der Waals surface area contributed by atoms with Crippen LogP contribution in [0, 0.1) is 0 Å². The molecule has 12 aromatic carbocycles. The van der Waals surface area contributed by atoms with Gasteiger partial charge < -0.3 is 0 Å². The Morgan fingerprint density at radius 3 is 0.984 bits per heavy atom. The lowest BCUT2D eigenvalue weighted by molar-refractivity contribution is 1.58. The molecule has 0 fully saturated rings. The van der Waals surface area contributed by atoms with Crippen molar-refractivity contribution in [3.63, 3.8) is 0 Å². The molecule has 0 heteroatoms. The average molecular weight is 811 g/mol. The van der Waals surface area contributed by atoms with Crippen molar-refractivity contribution in [1.82, 2.24) is 0 Å². The summed E-state index contributed by atoms with van der Waals surface area (Å²) in [4.78, 5) is 0. The predicted octanol–water partition coefficient (Wildman–Crippen LogP) is 18.0. The molecule has 0 saturated carbocycles. The van der Waals surface area contributed by atoms with Crippen molar-refractivity contribution in [2.45, 2.75) is 0 Å². The van der Waals surface area contributed by atoms with Crippen LogP contribution in [0.1, 0.15) is 0 Å². The molecule has 0 atom stereocenters. The third-order valence-electron chi connectivity index (χ3n) is 13.1. The number of fused-ring (bicyclic) bond motifs is 4. The molecule has 0 aliphatic heterocycles. The van der Waals surface area contributed by atoms with Crippen molar-refractivity contribution in [2.24, 2.45) is 0 Å². The number of hydrogen-bond acceptors (Lipinski definition) is 0. The highest BCUT2D eigenvalue weighted by atomic mass is 14.2. The maximum atomic E-state index is 2.32. The first kappa shape index (κ1) is 37.4. The number of hydrogen-bond donors (Lipinski definition) is 0. The smallest absolute Gasteiger partial charge is 0.00264 e. The van der Waals surface area contributed by atoms with Gasteiger partial charge in [-0.1, -0.05) is 243 Å². The molecule has 0 radical (unpaired) electrons. The molecule has 298 valence electrons. The van der Waals surface area contributed by atoms with Gasteiger partial charge in [0, 0.05) is 0 Å². The van der Waals surface area contributed by atoms with Crippen molar-refractivity contribution in [3.8, 4) is 77.9 Å². The minimum Gasteiger partial charge on any atom is -0.0622 e. The van der Waals surface area contributed by atoms with Gasteiger partial charge in [0.1, 0.15) is 0 Å². The van der Waals surface area contributed by atoms with E-state index in [1.165, 1.54) is 121 Å². The topological polar surface area (TPSA) is 0 Å². The van der Waals surface area contributed by atoms with E-state index >= 15 is 0 Å². The van der Waals surface area contributed by atoms with Crippen LogP contribution in [-0.2, 0) is 0 Å². The molecule has 12 rings (SSSR count). The standard InChI is InChI=1S/C64H42/c1-2-12-50(13-3-1)57-20-10-15-56-42-55(39-40-58(56)57)49-31-36-52(37-32-49)64-61-18-8-6-16-59(61)63(60-17-7-9-19-62(60)64)51-34-29-47(30-35-51)45-23-21-44(22-24-45)46-25-27-48(28-26-46)54-38-33-43-11-4-5-14-53(43)41-54/h1-42H. The van der Waals surface area contributed by atoms with Gasteiger partial charge in [-0.25, -0.2) is 0 Å². The van der Waals surface area contributed by atoms with Crippen molar-refractivity contribution < 1.29 is 0 Å². The molecule has 0 aliphatic carbocycles. The first-order valence-electron chi connectivity index (χ1n) is 22.1. The van der Waals surface area contributed by atoms with E-state index in [2.05, 4.69) is 255 Å². The predicted molar refractivity (Wildman–Crippen MR) is 275 cm³/mol. The molecule has 0 bridgehead atoms. The fraction of sp³-hybridized carbons (Fsp3) is 0. The van der Waals surface area contributed by atoms with Gasteiger partial charge >= 0.3 is 0 Å². The Balaban J connectivity index is 0.837. The second-order valence-corrected chi connectivity index (χ2v) is 16.8. The summed E-state index contributed by atoms with van der Waals surface area (Å²) in [7, 11) is 0. The van der Waals surface area contributed by atoms with E-state index in [0.29, 0.717) is 0 Å². The summed E-state index contributed by atoms with van der Waals surface area (Å²) in [6, 6.07) is 93.4. The molecule has 0 spiro atoms. The minimum atomic E-state index is 1.20. The van der Waals surface area contributed by atoms with Crippen molar-refractivity contribution >= 4 is 43.1 Å². The highest BCUT2D eigenvalue weighted by Gasteiger charge is 2.17. The number of benzene rings is 12. The minimum absolute atomic E-state index is 1.20. The molecule has 0 nitrogen and oxygen atoms in total. The van der Waals surface area contributed by atoms with Gasteiger partial charge in [0.2, 0.25) is 0 Å². The van der Waals surface area contributed by atoms with Crippen LogP contribution in [0.25, 0.3) is 121 Å². The van der Waals surface area contributed by atoms with Gasteiger partial charge in [0.05, 0.1) is 0 Å². The zero-order chi connectivity index (χ0) is 42.4. The quantitative estimate of drug-likeness (QED) is 0.141. The van der Waals surface area contributed by atoms with Crippen molar-refractivity contribution in [1.29, 1.82) is 0 Å². The highest BCUT2D eigenvalue weighted by molar-refractivity contribution is 6.21. The van der Waals surface area contributed by atoms with Gasteiger partial charge in [0.15, 0.2) is 0 Å². The van der Waals surface area contributed by atoms with Crippen LogP contribution in [0.15, 0.2) is 255 Å². The Kier molecular flexibility index (Phi) is 9.28. The molecule has 64 heavy (non-hydrogen) atoms. The molecular weight excluding hydrogens is 769 g/mol. The molecule has 0 aromatic heterocycles. The Bertz CT molecular complexity index is 3600. The van der Waals surface area contributed by atoms with E-state index in [1.807, 2.05) is 0 Å². The van der Waals surface area contributed by atoms with Crippen LogP contribution < -0.4 is 0 Å². The Labute approximate surface area is 374 Å². The lowest BCUT2D eigenvalue weighted by Crippen LogP contribution is -1.91. The van der Waals surface area contributed by atoms with E-state index in [1.54, 1.807) is 0 Å². The fourth-order valence-electron chi connectivity index (χ4n) is 9.82. The summed E-state index contributed by atoms with van der Waals surface area (Å²) in [6.07, 6.45) is 0. The maximum Gasteiger partial charge on any atom is -0.00264 e. The van der Waals surface area contributed by atoms with Crippen LogP contribution in [0.3, 0.4) is 0 Å². The second kappa shape index (κ2) is 15.9. The van der Waals surface area contributed by atoms with Gasteiger partial charge in [0.25, 0.3) is 0 Å². The fourth-order valence-corrected chi connectivity index (χ4v) is 9.82. The third-order valence-corrected chi connectivity index (χ3v) is 13.1. The largest absolute Gasteiger partial charge is 0.0622 e. The highest BCUT2D eigenvalue weighted by Crippen LogP contribution is 2.44. The van der Waals surface area contributed by atoms with Gasteiger partial charge in [-0.05, 0) is 133 Å². The van der Waals surface area contributed by atoms with Crippen LogP contribution in [0.4, 0.5) is 0 Å². The Morgan fingerprint density at radius 2 is 0.500 bits per heavy atom. The van der Waals surface area contributed by atoms with E-state index in [-0.39, 0.29) is 0 Å². The van der Waals surface area contributed by atoms with Crippen LogP contribution in [-0.4, -0.2) is 0 Å². The summed E-state index contributed by atoms with van der Waals surface area (Å²) in [6.45, 7) is 0. The summed E-state index contributed by atoms with van der Waals surface area (Å²) >= 11 is 0. The van der Waals surface area contributed by atoms with Gasteiger partial charge in [-0.15, -0.1) is 0 Å². The van der Waals surface area contributed by atoms with E-state index in [0.717, 1.165) is 0 Å². The lowest BCUT2D eigenvalue weighted by Gasteiger charge is -2.18. The zero-order valence-corrected chi connectivity index (χ0v) is 35.2. The Hall–Kier alpha value is -8.32. The first-order chi connectivity index (χ1) is 31.7. The second-order valence-electron chi connectivity index (χ2n) is 16.8. The summed E-state index contributed by atoms with van der Waals surface area (Å²) < 4.78 is 0. The summed E-state index contributed by atoms with van der Waals surface area (Å²) in [5, 5.41) is 10.1. The zero-order valence-electron chi connectivity index (χ0n) is 35.2. The van der Waals surface area contributed by atoms with E-state index < -0.39 is 0 Å². The molecule has 0 heterocycles. The molecular formula is C64H42. The van der Waals surface area contributed by atoms with Crippen molar-refractivity contribution in [3.05, 3.63) is 255 Å². The lowest BCUT2D eigenvalue weighted by atomic mass is 9.85. The summed E-state index contributed by atoms with van der Waals surface area (Å²) in [5.74, 6) is 0. The average Bonchev–Trinajstić information content (AvgIpc) is 3.38. The van der Waals surface area contributed by atoms with E-state index in [9.17, 15) is 0 Å². The van der Waals surface area contributed by atoms with Gasteiger partial charge in [-0.2, -0.15) is 0 Å². The SMILES string of the molecule is c1ccc(-c2cccc3cc(-c4ccc(-c5c6ccccc6c(-c6ccc(-c7ccc(-c8ccc(-c9ccc%10ccccc%10c9)cc8)cc7)cc6)c6ccccc56)cc4)ccc23)cc1. The Morgan fingerprint density at radius 1 is 0.156 bits per heavy atom. The molecule has 0 unspecified atom stereocenters. The molecule has 0 N–H and O–H groups in total. The molecule has 0 saturated heterocycles. The maximum absolute atomic E-state index is 2.32.